The summed E-state index contributed by atoms with van der Waals surface area (Å²) in [5.41, 5.74) is 1.20. The van der Waals surface area contributed by atoms with Crippen molar-refractivity contribution in [3.05, 3.63) is 60.3 Å². The Morgan fingerprint density at radius 2 is 1.83 bits per heavy atom. The molecule has 3 aromatic rings. The third-order valence-corrected chi connectivity index (χ3v) is 4.64. The maximum absolute atomic E-state index is 12.2. The fourth-order valence-electron chi connectivity index (χ4n) is 2.24. The minimum atomic E-state index is -3.74. The summed E-state index contributed by atoms with van der Waals surface area (Å²) < 4.78 is 29.7. The normalized spacial score (nSPS) is 13.3. The maximum atomic E-state index is 12.2. The Balaban J connectivity index is 1.81. The van der Waals surface area contributed by atoms with Gasteiger partial charge in [-0.3, -0.25) is 4.84 Å². The van der Waals surface area contributed by atoms with Gasteiger partial charge in [0.25, 0.3) is 10.0 Å². The first-order valence-corrected chi connectivity index (χ1v) is 8.67. The molecular formula is C16H16N2O4S. The number of fused-ring (bicyclic) bond motifs is 1. The highest BCUT2D eigenvalue weighted by Gasteiger charge is 2.22. The molecule has 1 atom stereocenters. The molecule has 0 aliphatic rings. The van der Waals surface area contributed by atoms with E-state index in [4.69, 9.17) is 9.36 Å². The summed E-state index contributed by atoms with van der Waals surface area (Å²) in [5, 5.41) is 4.81. The Morgan fingerprint density at radius 1 is 1.13 bits per heavy atom. The van der Waals surface area contributed by atoms with Crippen LogP contribution in [0.25, 0.3) is 11.0 Å². The van der Waals surface area contributed by atoms with Crippen LogP contribution in [-0.2, 0) is 14.9 Å². The zero-order valence-electron chi connectivity index (χ0n) is 12.5. The van der Waals surface area contributed by atoms with Crippen LogP contribution >= 0.6 is 0 Å². The van der Waals surface area contributed by atoms with Crippen LogP contribution in [0.15, 0.2) is 64.0 Å². The van der Waals surface area contributed by atoms with E-state index in [1.807, 2.05) is 25.1 Å². The van der Waals surface area contributed by atoms with Crippen LogP contribution in [0.3, 0.4) is 0 Å². The molecule has 0 amide bonds. The molecule has 0 fully saturated rings. The van der Waals surface area contributed by atoms with Crippen molar-refractivity contribution < 1.29 is 17.8 Å². The first-order chi connectivity index (χ1) is 11.1. The number of hydrogen-bond donors (Lipinski definition) is 1. The quantitative estimate of drug-likeness (QED) is 0.701. The molecule has 1 aromatic heterocycles. The monoisotopic (exact) mass is 332 g/mol. The van der Waals surface area contributed by atoms with Gasteiger partial charge in [0.15, 0.2) is 5.58 Å². The van der Waals surface area contributed by atoms with Crippen LogP contribution in [-0.4, -0.2) is 13.6 Å². The molecule has 3 rings (SSSR count). The van der Waals surface area contributed by atoms with Gasteiger partial charge in [0.05, 0.1) is 4.90 Å². The molecule has 0 saturated carbocycles. The first-order valence-electron chi connectivity index (χ1n) is 7.18. The summed E-state index contributed by atoms with van der Waals surface area (Å²) in [5.74, 6) is 0. The second-order valence-electron chi connectivity index (χ2n) is 4.98. The molecule has 0 saturated heterocycles. The van der Waals surface area contributed by atoms with E-state index in [9.17, 15) is 8.42 Å². The standard InChI is InChI=1S/C16H16N2O4S/c1-2-14(16-13-10-6-7-11-15(13)21-17-16)22-18-23(19,20)12-8-4-3-5-9-12/h3-11,14,18H,2H2,1H3. The number of para-hydroxylation sites is 1. The lowest BCUT2D eigenvalue weighted by molar-refractivity contribution is 0.0104. The number of hydrogen-bond acceptors (Lipinski definition) is 5. The highest BCUT2D eigenvalue weighted by atomic mass is 32.2. The number of nitrogens with one attached hydrogen (secondary N) is 1. The number of rotatable bonds is 6. The minimum Gasteiger partial charge on any atom is -0.356 e. The molecule has 0 spiro atoms. The van der Waals surface area contributed by atoms with E-state index in [-0.39, 0.29) is 4.90 Å². The van der Waals surface area contributed by atoms with E-state index in [2.05, 4.69) is 10.0 Å². The molecule has 1 N–H and O–H groups in total. The van der Waals surface area contributed by atoms with Crippen LogP contribution in [0.2, 0.25) is 0 Å². The molecular weight excluding hydrogens is 316 g/mol. The Bertz CT molecular complexity index is 891. The summed E-state index contributed by atoms with van der Waals surface area (Å²) >= 11 is 0. The highest BCUT2D eigenvalue weighted by Crippen LogP contribution is 2.27. The predicted octanol–water partition coefficient (Wildman–Crippen LogP) is 3.19. The van der Waals surface area contributed by atoms with Gasteiger partial charge in [0.2, 0.25) is 0 Å². The van der Waals surface area contributed by atoms with Crippen molar-refractivity contribution in [1.29, 1.82) is 0 Å². The van der Waals surface area contributed by atoms with Crippen LogP contribution in [0.5, 0.6) is 0 Å². The highest BCUT2D eigenvalue weighted by molar-refractivity contribution is 7.89. The summed E-state index contributed by atoms with van der Waals surface area (Å²) in [7, 11) is -3.74. The van der Waals surface area contributed by atoms with E-state index in [1.165, 1.54) is 12.1 Å². The summed E-state index contributed by atoms with van der Waals surface area (Å²) in [6.45, 7) is 1.88. The largest absolute Gasteiger partial charge is 0.356 e. The first kappa shape index (κ1) is 15.7. The second kappa shape index (κ2) is 6.49. The van der Waals surface area contributed by atoms with Crippen molar-refractivity contribution in [1.82, 2.24) is 10.0 Å². The van der Waals surface area contributed by atoms with Crippen molar-refractivity contribution in [3.8, 4) is 0 Å². The fourth-order valence-corrected chi connectivity index (χ4v) is 3.09. The number of benzene rings is 2. The zero-order chi connectivity index (χ0) is 16.3. The molecule has 0 radical (unpaired) electrons. The van der Waals surface area contributed by atoms with Crippen molar-refractivity contribution in [2.24, 2.45) is 0 Å². The number of nitrogens with zero attached hydrogens (tertiary/aromatic N) is 1. The van der Waals surface area contributed by atoms with Crippen LogP contribution in [0.4, 0.5) is 0 Å². The molecule has 6 nitrogen and oxygen atoms in total. The van der Waals surface area contributed by atoms with Crippen LogP contribution < -0.4 is 4.89 Å². The molecule has 0 aliphatic carbocycles. The minimum absolute atomic E-state index is 0.139. The average molecular weight is 332 g/mol. The van der Waals surface area contributed by atoms with Crippen molar-refractivity contribution in [2.75, 3.05) is 0 Å². The van der Waals surface area contributed by atoms with Gasteiger partial charge >= 0.3 is 0 Å². The molecule has 7 heteroatoms. The van der Waals surface area contributed by atoms with Crippen molar-refractivity contribution in [3.63, 3.8) is 0 Å². The van der Waals surface area contributed by atoms with Gasteiger partial charge in [0, 0.05) is 5.39 Å². The molecule has 120 valence electrons. The Hall–Kier alpha value is -2.22. The molecule has 0 aliphatic heterocycles. The van der Waals surface area contributed by atoms with E-state index in [0.717, 1.165) is 5.39 Å². The third-order valence-electron chi connectivity index (χ3n) is 3.43. The summed E-state index contributed by atoms with van der Waals surface area (Å²) in [4.78, 5) is 7.71. The van der Waals surface area contributed by atoms with E-state index in [0.29, 0.717) is 17.7 Å². The van der Waals surface area contributed by atoms with Gasteiger partial charge in [-0.05, 0) is 30.7 Å². The Kier molecular flexibility index (Phi) is 4.42. The van der Waals surface area contributed by atoms with E-state index >= 15 is 0 Å². The van der Waals surface area contributed by atoms with Crippen LogP contribution in [0, 0.1) is 0 Å². The van der Waals surface area contributed by atoms with Gasteiger partial charge in [-0.15, -0.1) is 0 Å². The van der Waals surface area contributed by atoms with Gasteiger partial charge in [-0.25, -0.2) is 8.42 Å². The SMILES string of the molecule is CCC(ONS(=O)(=O)c1ccccc1)c1noc2ccccc12. The Labute approximate surface area is 134 Å². The molecule has 1 heterocycles. The van der Waals surface area contributed by atoms with E-state index in [1.54, 1.807) is 24.3 Å². The average Bonchev–Trinajstić information content (AvgIpc) is 3.00. The summed E-state index contributed by atoms with van der Waals surface area (Å²) in [6.07, 6.45) is -0.00876. The maximum Gasteiger partial charge on any atom is 0.262 e. The molecule has 2 aromatic carbocycles. The fraction of sp³-hybridized carbons (Fsp3) is 0.188. The van der Waals surface area contributed by atoms with E-state index < -0.39 is 16.1 Å². The predicted molar refractivity (Wildman–Crippen MR) is 84.9 cm³/mol. The Morgan fingerprint density at radius 3 is 2.57 bits per heavy atom. The zero-order valence-corrected chi connectivity index (χ0v) is 13.3. The topological polar surface area (TPSA) is 81.4 Å². The second-order valence-corrected chi connectivity index (χ2v) is 6.62. The molecule has 0 bridgehead atoms. The lowest BCUT2D eigenvalue weighted by Crippen LogP contribution is -2.26. The van der Waals surface area contributed by atoms with Crippen molar-refractivity contribution in [2.45, 2.75) is 24.3 Å². The van der Waals surface area contributed by atoms with Gasteiger partial charge in [0.1, 0.15) is 11.8 Å². The van der Waals surface area contributed by atoms with Gasteiger partial charge in [-0.2, -0.15) is 0 Å². The number of aromatic nitrogens is 1. The molecule has 23 heavy (non-hydrogen) atoms. The number of sulfonamides is 1. The smallest absolute Gasteiger partial charge is 0.262 e. The van der Waals surface area contributed by atoms with Crippen molar-refractivity contribution >= 4 is 21.0 Å². The van der Waals surface area contributed by atoms with Crippen LogP contribution in [0.1, 0.15) is 25.1 Å². The molecule has 1 unspecified atom stereocenters. The van der Waals surface area contributed by atoms with Gasteiger partial charge < -0.3 is 4.52 Å². The lowest BCUT2D eigenvalue weighted by atomic mass is 10.1. The summed E-state index contributed by atoms with van der Waals surface area (Å²) in [6, 6.07) is 15.4. The lowest BCUT2D eigenvalue weighted by Gasteiger charge is -2.14. The third kappa shape index (κ3) is 3.26. The van der Waals surface area contributed by atoms with Gasteiger partial charge in [-0.1, -0.05) is 47.3 Å².